The molecule has 1 heteroatoms. The van der Waals surface area contributed by atoms with Crippen molar-refractivity contribution in [3.05, 3.63) is 0 Å². The van der Waals surface area contributed by atoms with Crippen molar-refractivity contribution < 1.29 is 0 Å². The van der Waals surface area contributed by atoms with Gasteiger partial charge in [0.1, 0.15) is 0 Å². The van der Waals surface area contributed by atoms with Gasteiger partial charge in [0.15, 0.2) is 0 Å². The Kier molecular flexibility index (Phi) is 2.40. The molecule has 0 aromatic carbocycles. The SMILES string of the molecule is CC1CCC(CN)C(C2CC2)C1. The van der Waals surface area contributed by atoms with Crippen LogP contribution in [-0.2, 0) is 0 Å². The summed E-state index contributed by atoms with van der Waals surface area (Å²) in [6.07, 6.45) is 7.28. The van der Waals surface area contributed by atoms with E-state index < -0.39 is 0 Å². The van der Waals surface area contributed by atoms with Gasteiger partial charge < -0.3 is 5.73 Å². The first kappa shape index (κ1) is 8.55. The molecule has 3 atom stereocenters. The molecule has 0 aromatic heterocycles. The average Bonchev–Trinajstić information content (AvgIpc) is 2.87. The monoisotopic (exact) mass is 167 g/mol. The number of hydrogen-bond donors (Lipinski definition) is 1. The van der Waals surface area contributed by atoms with E-state index in [1.807, 2.05) is 0 Å². The predicted octanol–water partition coefficient (Wildman–Crippen LogP) is 2.41. The lowest BCUT2D eigenvalue weighted by molar-refractivity contribution is 0.172. The van der Waals surface area contributed by atoms with Gasteiger partial charge in [0.05, 0.1) is 0 Å². The van der Waals surface area contributed by atoms with Gasteiger partial charge in [0, 0.05) is 0 Å². The Labute approximate surface area is 75.7 Å². The number of hydrogen-bond acceptors (Lipinski definition) is 1. The predicted molar refractivity (Wildman–Crippen MR) is 51.8 cm³/mol. The summed E-state index contributed by atoms with van der Waals surface area (Å²) in [4.78, 5) is 0. The number of rotatable bonds is 2. The van der Waals surface area contributed by atoms with E-state index in [1.165, 1.54) is 32.1 Å². The van der Waals surface area contributed by atoms with Crippen LogP contribution in [0.3, 0.4) is 0 Å². The van der Waals surface area contributed by atoms with E-state index in [0.717, 1.165) is 30.2 Å². The molecule has 2 rings (SSSR count). The lowest BCUT2D eigenvalue weighted by atomic mass is 9.72. The van der Waals surface area contributed by atoms with Gasteiger partial charge in [0.2, 0.25) is 0 Å². The van der Waals surface area contributed by atoms with Crippen LogP contribution in [0.4, 0.5) is 0 Å². The highest BCUT2D eigenvalue weighted by molar-refractivity contribution is 4.89. The van der Waals surface area contributed by atoms with Gasteiger partial charge in [-0.3, -0.25) is 0 Å². The fraction of sp³-hybridized carbons (Fsp3) is 1.00. The summed E-state index contributed by atoms with van der Waals surface area (Å²) >= 11 is 0. The van der Waals surface area contributed by atoms with E-state index in [1.54, 1.807) is 0 Å². The minimum absolute atomic E-state index is 0.869. The molecule has 2 N–H and O–H groups in total. The Bertz CT molecular complexity index is 151. The zero-order valence-corrected chi connectivity index (χ0v) is 8.13. The van der Waals surface area contributed by atoms with Gasteiger partial charge in [-0.25, -0.2) is 0 Å². The van der Waals surface area contributed by atoms with Crippen LogP contribution in [0.5, 0.6) is 0 Å². The highest BCUT2D eigenvalue weighted by Gasteiger charge is 2.38. The van der Waals surface area contributed by atoms with Crippen LogP contribution >= 0.6 is 0 Å². The summed E-state index contributed by atoms with van der Waals surface area (Å²) in [7, 11) is 0. The molecule has 70 valence electrons. The Morgan fingerprint density at radius 2 is 1.92 bits per heavy atom. The zero-order valence-electron chi connectivity index (χ0n) is 8.13. The molecule has 0 bridgehead atoms. The number of nitrogens with two attached hydrogens (primary N) is 1. The maximum absolute atomic E-state index is 5.80. The Hall–Kier alpha value is -0.0400. The lowest BCUT2D eigenvalue weighted by Gasteiger charge is -2.34. The van der Waals surface area contributed by atoms with Gasteiger partial charge in [-0.05, 0) is 55.9 Å². The Balaban J connectivity index is 1.94. The van der Waals surface area contributed by atoms with Crippen LogP contribution in [0.2, 0.25) is 0 Å². The molecule has 0 saturated heterocycles. The van der Waals surface area contributed by atoms with E-state index in [0.29, 0.717) is 0 Å². The first-order valence-corrected chi connectivity index (χ1v) is 5.51. The van der Waals surface area contributed by atoms with Gasteiger partial charge in [-0.2, -0.15) is 0 Å². The molecule has 0 amide bonds. The summed E-state index contributed by atoms with van der Waals surface area (Å²) < 4.78 is 0. The minimum Gasteiger partial charge on any atom is -0.330 e. The second kappa shape index (κ2) is 3.37. The smallest absolute Gasteiger partial charge is 0.00461 e. The first-order chi connectivity index (χ1) is 5.81. The largest absolute Gasteiger partial charge is 0.330 e. The van der Waals surface area contributed by atoms with E-state index in [-0.39, 0.29) is 0 Å². The summed E-state index contributed by atoms with van der Waals surface area (Å²) in [6, 6.07) is 0. The molecule has 12 heavy (non-hydrogen) atoms. The Morgan fingerprint density at radius 1 is 1.17 bits per heavy atom. The van der Waals surface area contributed by atoms with E-state index >= 15 is 0 Å². The standard InChI is InChI=1S/C11H21N/c1-8-2-3-10(7-12)11(6-8)9-4-5-9/h8-11H,2-7,12H2,1H3. The molecule has 0 aromatic rings. The quantitative estimate of drug-likeness (QED) is 0.671. The van der Waals surface area contributed by atoms with Crippen molar-refractivity contribution in [1.29, 1.82) is 0 Å². The first-order valence-electron chi connectivity index (χ1n) is 5.51. The summed E-state index contributed by atoms with van der Waals surface area (Å²) in [6.45, 7) is 3.34. The van der Waals surface area contributed by atoms with E-state index in [2.05, 4.69) is 6.92 Å². The van der Waals surface area contributed by atoms with Crippen LogP contribution in [0.25, 0.3) is 0 Å². The van der Waals surface area contributed by atoms with Crippen molar-refractivity contribution in [2.75, 3.05) is 6.54 Å². The molecule has 3 unspecified atom stereocenters. The van der Waals surface area contributed by atoms with Gasteiger partial charge in [-0.15, -0.1) is 0 Å². The minimum atomic E-state index is 0.869. The van der Waals surface area contributed by atoms with Crippen LogP contribution in [0.15, 0.2) is 0 Å². The van der Waals surface area contributed by atoms with Crippen molar-refractivity contribution in [1.82, 2.24) is 0 Å². The van der Waals surface area contributed by atoms with Crippen LogP contribution in [0.1, 0.15) is 39.0 Å². The summed E-state index contributed by atoms with van der Waals surface area (Å²) in [5.41, 5.74) is 5.80. The fourth-order valence-electron chi connectivity index (χ4n) is 2.88. The topological polar surface area (TPSA) is 26.0 Å². The normalized spacial score (nSPS) is 43.0. The Morgan fingerprint density at radius 3 is 2.50 bits per heavy atom. The van der Waals surface area contributed by atoms with Crippen LogP contribution < -0.4 is 5.73 Å². The highest BCUT2D eigenvalue weighted by Crippen LogP contribution is 2.47. The van der Waals surface area contributed by atoms with Gasteiger partial charge >= 0.3 is 0 Å². The second-order valence-electron chi connectivity index (χ2n) is 4.92. The molecule has 0 heterocycles. The highest BCUT2D eigenvalue weighted by atomic mass is 14.6. The summed E-state index contributed by atoms with van der Waals surface area (Å²) in [5, 5.41) is 0. The van der Waals surface area contributed by atoms with Crippen LogP contribution in [0, 0.1) is 23.7 Å². The van der Waals surface area contributed by atoms with Crippen LogP contribution in [-0.4, -0.2) is 6.54 Å². The molecule has 0 spiro atoms. The maximum Gasteiger partial charge on any atom is -0.00461 e. The molecular formula is C11H21N. The van der Waals surface area contributed by atoms with Crippen molar-refractivity contribution in [3.8, 4) is 0 Å². The van der Waals surface area contributed by atoms with Gasteiger partial charge in [0.25, 0.3) is 0 Å². The molecular weight excluding hydrogens is 146 g/mol. The molecule has 2 fully saturated rings. The third-order valence-corrected chi connectivity index (χ3v) is 3.84. The molecule has 0 radical (unpaired) electrons. The molecule has 2 saturated carbocycles. The fourth-order valence-corrected chi connectivity index (χ4v) is 2.88. The third-order valence-electron chi connectivity index (χ3n) is 3.84. The van der Waals surface area contributed by atoms with E-state index in [4.69, 9.17) is 5.73 Å². The molecule has 1 nitrogen and oxygen atoms in total. The maximum atomic E-state index is 5.80. The third kappa shape index (κ3) is 1.66. The van der Waals surface area contributed by atoms with Crippen molar-refractivity contribution in [3.63, 3.8) is 0 Å². The van der Waals surface area contributed by atoms with Crippen molar-refractivity contribution >= 4 is 0 Å². The average molecular weight is 167 g/mol. The van der Waals surface area contributed by atoms with Gasteiger partial charge in [-0.1, -0.05) is 13.3 Å². The van der Waals surface area contributed by atoms with Crippen molar-refractivity contribution in [2.24, 2.45) is 29.4 Å². The second-order valence-corrected chi connectivity index (χ2v) is 4.92. The zero-order chi connectivity index (χ0) is 8.55. The van der Waals surface area contributed by atoms with Crippen molar-refractivity contribution in [2.45, 2.75) is 39.0 Å². The molecule has 0 aliphatic heterocycles. The molecule has 2 aliphatic carbocycles. The van der Waals surface area contributed by atoms with E-state index in [9.17, 15) is 0 Å². The lowest BCUT2D eigenvalue weighted by Crippen LogP contribution is -2.30. The molecule has 2 aliphatic rings. The summed E-state index contributed by atoms with van der Waals surface area (Å²) in [5.74, 6) is 3.91.